The third-order valence-corrected chi connectivity index (χ3v) is 2.48. The molecule has 0 aliphatic carbocycles. The van der Waals surface area contributed by atoms with Crippen molar-refractivity contribution in [1.82, 2.24) is 0 Å². The highest BCUT2D eigenvalue weighted by Gasteiger charge is 1.96. The quantitative estimate of drug-likeness (QED) is 0.511. The van der Waals surface area contributed by atoms with E-state index >= 15 is 0 Å². The van der Waals surface area contributed by atoms with Crippen LogP contribution in [-0.4, -0.2) is 0 Å². The van der Waals surface area contributed by atoms with E-state index in [1.165, 1.54) is 24.0 Å². The van der Waals surface area contributed by atoms with Crippen LogP contribution in [0.2, 0.25) is 0 Å². The van der Waals surface area contributed by atoms with Crippen LogP contribution in [0.1, 0.15) is 47.0 Å². The van der Waals surface area contributed by atoms with Crippen molar-refractivity contribution < 1.29 is 0 Å². The zero-order chi connectivity index (χ0) is 12.4. The molecule has 0 aliphatic heterocycles. The number of rotatable bonds is 7. The summed E-state index contributed by atoms with van der Waals surface area (Å²) in [6, 6.07) is 0. The highest BCUT2D eigenvalue weighted by atomic mass is 14.0. The van der Waals surface area contributed by atoms with Crippen molar-refractivity contribution in [2.45, 2.75) is 47.0 Å². The van der Waals surface area contributed by atoms with Crippen LogP contribution in [0, 0.1) is 12.5 Å². The van der Waals surface area contributed by atoms with Gasteiger partial charge in [0.05, 0.1) is 0 Å². The zero-order valence-corrected chi connectivity index (χ0v) is 11.2. The fourth-order valence-electron chi connectivity index (χ4n) is 1.48. The Balaban J connectivity index is 3.78. The minimum absolute atomic E-state index is 0.658. The van der Waals surface area contributed by atoms with E-state index in [2.05, 4.69) is 45.9 Å². The third-order valence-electron chi connectivity index (χ3n) is 2.48. The lowest BCUT2D eigenvalue weighted by Gasteiger charge is -2.05. The van der Waals surface area contributed by atoms with Crippen LogP contribution in [0.5, 0.6) is 0 Å². The maximum Gasteiger partial charge on any atom is -0.0259 e. The van der Waals surface area contributed by atoms with Crippen molar-refractivity contribution in [3.63, 3.8) is 0 Å². The molecule has 0 saturated carbocycles. The molecule has 16 heavy (non-hydrogen) atoms. The van der Waals surface area contributed by atoms with Gasteiger partial charge < -0.3 is 0 Å². The van der Waals surface area contributed by atoms with Crippen molar-refractivity contribution in [2.24, 2.45) is 5.92 Å². The predicted molar refractivity (Wildman–Crippen MR) is 74.2 cm³/mol. The van der Waals surface area contributed by atoms with E-state index in [4.69, 9.17) is 6.58 Å². The first kappa shape index (κ1) is 15.0. The minimum atomic E-state index is 0.658. The number of hydrogen-bond donors (Lipinski definition) is 0. The fourth-order valence-corrected chi connectivity index (χ4v) is 1.48. The molecular weight excluding hydrogens is 192 g/mol. The number of hydrogen-bond acceptors (Lipinski definition) is 0. The molecule has 0 amide bonds. The van der Waals surface area contributed by atoms with Crippen molar-refractivity contribution >= 4 is 0 Å². The van der Waals surface area contributed by atoms with Gasteiger partial charge in [-0.1, -0.05) is 55.0 Å². The van der Waals surface area contributed by atoms with Crippen molar-refractivity contribution in [3.8, 4) is 0 Å². The molecule has 0 bridgehead atoms. The molecule has 0 spiro atoms. The van der Waals surface area contributed by atoms with E-state index in [1.807, 2.05) is 6.08 Å². The standard InChI is InChI=1S/C16H25/c1-6-9-15(4)12-8-13-16(5)11-7-10-14(2)3/h1,6-7,9-11,16H,8,12-13H2,2-5H3/b6-1?,11-7+,15-9+. The van der Waals surface area contributed by atoms with E-state index < -0.39 is 0 Å². The van der Waals surface area contributed by atoms with Crippen LogP contribution in [0.4, 0.5) is 0 Å². The highest BCUT2D eigenvalue weighted by Crippen LogP contribution is 2.13. The summed E-state index contributed by atoms with van der Waals surface area (Å²) in [5.74, 6) is 0.658. The summed E-state index contributed by atoms with van der Waals surface area (Å²) in [5.41, 5.74) is 2.71. The summed E-state index contributed by atoms with van der Waals surface area (Å²) in [4.78, 5) is 0. The van der Waals surface area contributed by atoms with Crippen LogP contribution in [0.25, 0.3) is 0 Å². The van der Waals surface area contributed by atoms with E-state index in [-0.39, 0.29) is 0 Å². The van der Waals surface area contributed by atoms with E-state index in [0.717, 1.165) is 6.42 Å². The molecule has 1 unspecified atom stereocenters. The molecule has 1 atom stereocenters. The Hall–Kier alpha value is -1.04. The topological polar surface area (TPSA) is 0 Å². The second-order valence-electron chi connectivity index (χ2n) is 4.70. The van der Waals surface area contributed by atoms with Gasteiger partial charge in [-0.3, -0.25) is 0 Å². The maximum absolute atomic E-state index is 5.34. The van der Waals surface area contributed by atoms with Gasteiger partial charge in [-0.15, -0.1) is 0 Å². The Labute approximate surface area is 101 Å². The Morgan fingerprint density at radius 2 is 1.88 bits per heavy atom. The van der Waals surface area contributed by atoms with Gasteiger partial charge in [0.1, 0.15) is 0 Å². The van der Waals surface area contributed by atoms with E-state index in [9.17, 15) is 0 Å². The monoisotopic (exact) mass is 217 g/mol. The van der Waals surface area contributed by atoms with E-state index in [0.29, 0.717) is 5.92 Å². The smallest absolute Gasteiger partial charge is 0.0259 e. The fraction of sp³-hybridized carbons (Fsp3) is 0.500. The molecule has 0 aliphatic rings. The first-order chi connectivity index (χ1) is 7.56. The summed E-state index contributed by atoms with van der Waals surface area (Å²) in [6.45, 7) is 14.0. The maximum atomic E-state index is 5.34. The molecule has 0 aromatic heterocycles. The SMILES string of the molecule is [CH]=C/C=C(\C)CCCC(C)/C=C/C=C(C)C. The summed E-state index contributed by atoms with van der Waals surface area (Å²) < 4.78 is 0. The molecule has 0 aromatic carbocycles. The van der Waals surface area contributed by atoms with Gasteiger partial charge in [-0.25, -0.2) is 0 Å². The molecule has 0 saturated heterocycles. The molecule has 0 rings (SSSR count). The van der Waals surface area contributed by atoms with Crippen LogP contribution in [0.3, 0.4) is 0 Å². The largest absolute Gasteiger partial charge is 0.0817 e. The van der Waals surface area contributed by atoms with Crippen LogP contribution in [-0.2, 0) is 0 Å². The van der Waals surface area contributed by atoms with Crippen LogP contribution in [0.15, 0.2) is 41.5 Å². The van der Waals surface area contributed by atoms with Gasteiger partial charge in [-0.2, -0.15) is 0 Å². The zero-order valence-electron chi connectivity index (χ0n) is 11.2. The second kappa shape index (κ2) is 9.21. The summed E-state index contributed by atoms with van der Waals surface area (Å²) in [5, 5.41) is 0. The van der Waals surface area contributed by atoms with Crippen molar-refractivity contribution in [1.29, 1.82) is 0 Å². The van der Waals surface area contributed by atoms with Gasteiger partial charge in [-0.05, 0) is 46.0 Å². The lowest BCUT2D eigenvalue weighted by atomic mass is 10.0. The van der Waals surface area contributed by atoms with Gasteiger partial charge >= 0.3 is 0 Å². The minimum Gasteiger partial charge on any atom is -0.0817 e. The average Bonchev–Trinajstić information content (AvgIpc) is 2.17. The Morgan fingerprint density at radius 1 is 1.19 bits per heavy atom. The Morgan fingerprint density at radius 3 is 2.44 bits per heavy atom. The van der Waals surface area contributed by atoms with Gasteiger partial charge in [0.25, 0.3) is 0 Å². The molecule has 0 fully saturated rings. The molecule has 89 valence electrons. The summed E-state index contributed by atoms with van der Waals surface area (Å²) in [7, 11) is 0. The first-order valence-corrected chi connectivity index (χ1v) is 6.08. The van der Waals surface area contributed by atoms with Gasteiger partial charge in [0, 0.05) is 0 Å². The molecule has 0 nitrogen and oxygen atoms in total. The summed E-state index contributed by atoms with van der Waals surface area (Å²) >= 11 is 0. The van der Waals surface area contributed by atoms with Gasteiger partial charge in [0.2, 0.25) is 0 Å². The molecule has 0 N–H and O–H groups in total. The third kappa shape index (κ3) is 9.51. The summed E-state index contributed by atoms with van der Waals surface area (Å²) in [6.07, 6.45) is 13.8. The molecule has 1 radical (unpaired) electrons. The average molecular weight is 217 g/mol. The molecular formula is C16H25. The van der Waals surface area contributed by atoms with Crippen molar-refractivity contribution in [2.75, 3.05) is 0 Å². The first-order valence-electron chi connectivity index (χ1n) is 6.08. The predicted octanol–water partition coefficient (Wildman–Crippen LogP) is 5.25. The second-order valence-corrected chi connectivity index (χ2v) is 4.70. The normalized spacial score (nSPS) is 13.9. The molecule has 0 heteroatoms. The molecule has 0 heterocycles. The lowest BCUT2D eigenvalue weighted by molar-refractivity contribution is 0.605. The van der Waals surface area contributed by atoms with Gasteiger partial charge in [0.15, 0.2) is 0 Å². The Kier molecular flexibility index (Phi) is 8.61. The van der Waals surface area contributed by atoms with E-state index in [1.54, 1.807) is 6.08 Å². The number of allylic oxidation sites excluding steroid dienone is 7. The van der Waals surface area contributed by atoms with Crippen LogP contribution >= 0.6 is 0 Å². The lowest BCUT2D eigenvalue weighted by Crippen LogP contribution is -1.90. The highest BCUT2D eigenvalue weighted by molar-refractivity contribution is 5.09. The van der Waals surface area contributed by atoms with Crippen molar-refractivity contribution in [3.05, 3.63) is 48.1 Å². The van der Waals surface area contributed by atoms with Crippen LogP contribution < -0.4 is 0 Å². The molecule has 0 aromatic rings. The Bertz CT molecular complexity index is 272.